The maximum Gasteiger partial charge on any atom is 0.250 e. The van der Waals surface area contributed by atoms with Crippen molar-refractivity contribution in [2.45, 2.75) is 6.54 Å². The number of aromatic nitrogens is 3. The molecule has 0 saturated heterocycles. The molecule has 4 heteroatoms. The monoisotopic (exact) mass is 239 g/mol. The van der Waals surface area contributed by atoms with Crippen LogP contribution < -0.4 is 5.56 Å². The Balaban J connectivity index is 2.11. The van der Waals surface area contributed by atoms with Crippen molar-refractivity contribution in [2.75, 3.05) is 0 Å². The van der Waals surface area contributed by atoms with Crippen LogP contribution in [0.2, 0.25) is 0 Å². The number of hydrogen-bond donors (Lipinski definition) is 0. The van der Waals surface area contributed by atoms with Gasteiger partial charge in [-0.25, -0.2) is 0 Å². The SMILES string of the molecule is Cn1nc(Cn2ccccc2=O)c2ccccc21. The Labute approximate surface area is 104 Å². The first kappa shape index (κ1) is 10.8. The van der Waals surface area contributed by atoms with E-state index in [-0.39, 0.29) is 5.56 Å². The van der Waals surface area contributed by atoms with Crippen LogP contribution in [0.5, 0.6) is 0 Å². The van der Waals surface area contributed by atoms with Gasteiger partial charge in [0.25, 0.3) is 5.56 Å². The molecule has 0 bridgehead atoms. The molecule has 90 valence electrons. The van der Waals surface area contributed by atoms with E-state index in [4.69, 9.17) is 0 Å². The molecule has 3 rings (SSSR count). The van der Waals surface area contributed by atoms with E-state index in [2.05, 4.69) is 5.10 Å². The standard InChI is InChI=1S/C14H13N3O/c1-16-13-7-3-2-6-11(13)12(15-16)10-17-9-5-4-8-14(17)18/h2-9H,10H2,1H3. The second-order valence-corrected chi connectivity index (χ2v) is 4.25. The summed E-state index contributed by atoms with van der Waals surface area (Å²) in [6, 6.07) is 13.2. The summed E-state index contributed by atoms with van der Waals surface area (Å²) in [5.74, 6) is 0. The largest absolute Gasteiger partial charge is 0.309 e. The van der Waals surface area contributed by atoms with Crippen molar-refractivity contribution in [1.82, 2.24) is 14.3 Å². The van der Waals surface area contributed by atoms with E-state index in [1.54, 1.807) is 22.9 Å². The Hall–Kier alpha value is -2.36. The predicted octanol–water partition coefficient (Wildman–Crippen LogP) is 1.78. The van der Waals surface area contributed by atoms with Gasteiger partial charge in [-0.1, -0.05) is 24.3 Å². The van der Waals surface area contributed by atoms with Crippen molar-refractivity contribution in [1.29, 1.82) is 0 Å². The van der Waals surface area contributed by atoms with E-state index < -0.39 is 0 Å². The highest BCUT2D eigenvalue weighted by Crippen LogP contribution is 2.17. The van der Waals surface area contributed by atoms with Crippen LogP contribution in [-0.2, 0) is 13.6 Å². The fourth-order valence-corrected chi connectivity index (χ4v) is 2.16. The van der Waals surface area contributed by atoms with Crippen LogP contribution in [0.25, 0.3) is 10.9 Å². The van der Waals surface area contributed by atoms with Gasteiger partial charge in [-0.3, -0.25) is 9.48 Å². The molecule has 4 nitrogen and oxygen atoms in total. The Kier molecular flexibility index (Phi) is 2.48. The van der Waals surface area contributed by atoms with Crippen molar-refractivity contribution in [3.8, 4) is 0 Å². The summed E-state index contributed by atoms with van der Waals surface area (Å²) >= 11 is 0. The molecule has 0 N–H and O–H groups in total. The van der Waals surface area contributed by atoms with E-state index in [0.29, 0.717) is 6.54 Å². The molecule has 0 saturated carbocycles. The first-order chi connectivity index (χ1) is 8.75. The smallest absolute Gasteiger partial charge is 0.250 e. The zero-order valence-corrected chi connectivity index (χ0v) is 10.1. The van der Waals surface area contributed by atoms with Gasteiger partial charge in [-0.15, -0.1) is 0 Å². The van der Waals surface area contributed by atoms with Crippen LogP contribution in [-0.4, -0.2) is 14.3 Å². The minimum absolute atomic E-state index is 0.00719. The predicted molar refractivity (Wildman–Crippen MR) is 70.5 cm³/mol. The summed E-state index contributed by atoms with van der Waals surface area (Å²) in [7, 11) is 1.92. The van der Waals surface area contributed by atoms with Gasteiger partial charge in [0.2, 0.25) is 0 Å². The van der Waals surface area contributed by atoms with E-state index in [1.165, 1.54) is 0 Å². The molecule has 18 heavy (non-hydrogen) atoms. The molecule has 0 spiro atoms. The zero-order valence-electron chi connectivity index (χ0n) is 10.1. The molecule has 0 fully saturated rings. The molecule has 0 aliphatic heterocycles. The Morgan fingerprint density at radius 1 is 1.11 bits per heavy atom. The van der Waals surface area contributed by atoms with Crippen LogP contribution in [0.15, 0.2) is 53.5 Å². The van der Waals surface area contributed by atoms with Crippen LogP contribution in [0.4, 0.5) is 0 Å². The van der Waals surface area contributed by atoms with E-state index in [9.17, 15) is 4.79 Å². The third-order valence-corrected chi connectivity index (χ3v) is 3.05. The topological polar surface area (TPSA) is 39.8 Å². The second kappa shape index (κ2) is 4.14. The molecule has 0 radical (unpaired) electrons. The van der Waals surface area contributed by atoms with E-state index in [1.807, 2.05) is 42.1 Å². The Bertz CT molecular complexity index is 755. The molecule has 1 aromatic carbocycles. The first-order valence-corrected chi connectivity index (χ1v) is 5.82. The van der Waals surface area contributed by atoms with Gasteiger partial charge < -0.3 is 4.57 Å². The third-order valence-electron chi connectivity index (χ3n) is 3.05. The molecule has 0 unspecified atom stereocenters. The fourth-order valence-electron chi connectivity index (χ4n) is 2.16. The van der Waals surface area contributed by atoms with E-state index in [0.717, 1.165) is 16.6 Å². The second-order valence-electron chi connectivity index (χ2n) is 4.25. The maximum absolute atomic E-state index is 11.7. The summed E-state index contributed by atoms with van der Waals surface area (Å²) in [6.07, 6.45) is 1.78. The molecule has 0 atom stereocenters. The molecule has 0 aliphatic carbocycles. The summed E-state index contributed by atoms with van der Waals surface area (Å²) in [5.41, 5.74) is 1.99. The Morgan fingerprint density at radius 3 is 2.72 bits per heavy atom. The van der Waals surface area contributed by atoms with Gasteiger partial charge in [-0.05, 0) is 12.1 Å². The zero-order chi connectivity index (χ0) is 12.5. The van der Waals surface area contributed by atoms with Gasteiger partial charge in [0, 0.05) is 24.7 Å². The lowest BCUT2D eigenvalue weighted by molar-refractivity contribution is 0.701. The van der Waals surface area contributed by atoms with Crippen LogP contribution in [0.3, 0.4) is 0 Å². The lowest BCUT2D eigenvalue weighted by atomic mass is 10.2. The molecule has 2 aromatic heterocycles. The van der Waals surface area contributed by atoms with Gasteiger partial charge in [0.05, 0.1) is 17.8 Å². The minimum atomic E-state index is -0.00719. The molecular weight excluding hydrogens is 226 g/mol. The quantitative estimate of drug-likeness (QED) is 0.684. The van der Waals surface area contributed by atoms with Gasteiger partial charge in [0.1, 0.15) is 0 Å². The third kappa shape index (κ3) is 1.72. The average Bonchev–Trinajstić information content (AvgIpc) is 2.70. The average molecular weight is 239 g/mol. The highest BCUT2D eigenvalue weighted by molar-refractivity contribution is 5.81. The highest BCUT2D eigenvalue weighted by atomic mass is 16.1. The normalized spacial score (nSPS) is 10.9. The van der Waals surface area contributed by atoms with Gasteiger partial charge in [0.15, 0.2) is 0 Å². The highest BCUT2D eigenvalue weighted by Gasteiger charge is 2.08. The van der Waals surface area contributed by atoms with Crippen molar-refractivity contribution < 1.29 is 0 Å². The summed E-state index contributed by atoms with van der Waals surface area (Å²) in [4.78, 5) is 11.7. The van der Waals surface area contributed by atoms with Crippen LogP contribution in [0, 0.1) is 0 Å². The van der Waals surface area contributed by atoms with Crippen molar-refractivity contribution in [3.05, 3.63) is 64.7 Å². The van der Waals surface area contributed by atoms with Crippen molar-refractivity contribution in [2.24, 2.45) is 7.05 Å². The lowest BCUT2D eigenvalue weighted by Gasteiger charge is -2.02. The fraction of sp³-hybridized carbons (Fsp3) is 0.143. The number of pyridine rings is 1. The summed E-state index contributed by atoms with van der Waals surface area (Å²) in [5, 5.41) is 5.58. The summed E-state index contributed by atoms with van der Waals surface area (Å²) in [6.45, 7) is 0.501. The lowest BCUT2D eigenvalue weighted by Crippen LogP contribution is -2.18. The molecule has 0 amide bonds. The number of aryl methyl sites for hydroxylation is 1. The molecule has 0 aliphatic rings. The first-order valence-electron chi connectivity index (χ1n) is 5.82. The van der Waals surface area contributed by atoms with E-state index >= 15 is 0 Å². The number of rotatable bonds is 2. The Morgan fingerprint density at radius 2 is 1.89 bits per heavy atom. The van der Waals surface area contributed by atoms with Crippen LogP contribution in [0.1, 0.15) is 5.69 Å². The summed E-state index contributed by atoms with van der Waals surface area (Å²) < 4.78 is 3.51. The number of hydrogen-bond acceptors (Lipinski definition) is 2. The minimum Gasteiger partial charge on any atom is -0.309 e. The molecule has 3 aromatic rings. The number of para-hydroxylation sites is 1. The van der Waals surface area contributed by atoms with Gasteiger partial charge in [-0.2, -0.15) is 5.10 Å². The number of nitrogens with zero attached hydrogens (tertiary/aromatic N) is 3. The molecular formula is C14H13N3O. The number of benzene rings is 1. The molecule has 2 heterocycles. The van der Waals surface area contributed by atoms with Crippen molar-refractivity contribution >= 4 is 10.9 Å². The van der Waals surface area contributed by atoms with Crippen LogP contribution >= 0.6 is 0 Å². The van der Waals surface area contributed by atoms with Gasteiger partial charge >= 0.3 is 0 Å². The number of fused-ring (bicyclic) bond motifs is 1. The maximum atomic E-state index is 11.7. The van der Waals surface area contributed by atoms with Crippen molar-refractivity contribution in [3.63, 3.8) is 0 Å².